The van der Waals surface area contributed by atoms with E-state index in [0.29, 0.717) is 15.7 Å². The lowest BCUT2D eigenvalue weighted by molar-refractivity contribution is 0.318. The minimum absolute atomic E-state index is 0.00562. The van der Waals surface area contributed by atoms with Gasteiger partial charge in [0.15, 0.2) is 11.0 Å². The van der Waals surface area contributed by atoms with E-state index in [2.05, 4.69) is 25.3 Å². The molecule has 0 aromatic carbocycles. The molecule has 0 spiro atoms. The normalized spacial score (nSPS) is 11.6. The van der Waals surface area contributed by atoms with Crippen LogP contribution in [-0.2, 0) is 0 Å². The molecule has 3 N–H and O–H groups in total. The van der Waals surface area contributed by atoms with E-state index in [-0.39, 0.29) is 5.84 Å². The summed E-state index contributed by atoms with van der Waals surface area (Å²) < 4.78 is 0. The van der Waals surface area contributed by atoms with Crippen molar-refractivity contribution in [3.8, 4) is 0 Å². The van der Waals surface area contributed by atoms with Crippen LogP contribution in [0.3, 0.4) is 0 Å². The van der Waals surface area contributed by atoms with Crippen molar-refractivity contribution in [3.63, 3.8) is 0 Å². The van der Waals surface area contributed by atoms with Crippen molar-refractivity contribution >= 4 is 17.6 Å². The van der Waals surface area contributed by atoms with Crippen molar-refractivity contribution in [1.29, 1.82) is 0 Å². The molecular weight excluding hydrogens is 264 g/mol. The van der Waals surface area contributed by atoms with Gasteiger partial charge in [-0.1, -0.05) is 5.16 Å². The van der Waals surface area contributed by atoms with Crippen LogP contribution >= 0.6 is 11.8 Å². The summed E-state index contributed by atoms with van der Waals surface area (Å²) in [6.07, 6.45) is 3.26. The Kier molecular flexibility index (Phi) is 3.91. The van der Waals surface area contributed by atoms with Gasteiger partial charge in [0.1, 0.15) is 5.03 Å². The highest BCUT2D eigenvalue weighted by Gasteiger charge is 2.17. The Labute approximate surface area is 114 Å². The van der Waals surface area contributed by atoms with Crippen LogP contribution < -0.4 is 5.73 Å². The van der Waals surface area contributed by atoms with E-state index in [0.717, 1.165) is 11.3 Å². The van der Waals surface area contributed by atoms with Gasteiger partial charge in [-0.3, -0.25) is 0 Å². The molecule has 0 aliphatic rings. The molecule has 8 heteroatoms. The van der Waals surface area contributed by atoms with Gasteiger partial charge in [-0.2, -0.15) is 5.10 Å². The van der Waals surface area contributed by atoms with Crippen LogP contribution in [0.2, 0.25) is 0 Å². The zero-order valence-corrected chi connectivity index (χ0v) is 11.2. The monoisotopic (exact) mass is 276 g/mol. The maximum absolute atomic E-state index is 8.87. The standard InChI is InChI=1S/C11H12N6OS/c1-6-7(2)15-16-10(8(6)9(12)17-18)19-11-13-4-3-5-14-11/h3-5,18H,1-2H3,(H2,12,17). The molecule has 0 atom stereocenters. The third-order valence-electron chi connectivity index (χ3n) is 2.52. The number of hydrogen-bond acceptors (Lipinski definition) is 7. The van der Waals surface area contributed by atoms with E-state index in [1.54, 1.807) is 18.5 Å². The molecule has 2 heterocycles. The van der Waals surface area contributed by atoms with Crippen LogP contribution in [0, 0.1) is 13.8 Å². The fourth-order valence-electron chi connectivity index (χ4n) is 1.43. The molecule has 0 unspecified atom stereocenters. The second-order valence-corrected chi connectivity index (χ2v) is 4.67. The lowest BCUT2D eigenvalue weighted by Gasteiger charge is -2.10. The van der Waals surface area contributed by atoms with Gasteiger partial charge in [-0.25, -0.2) is 9.97 Å². The highest BCUT2D eigenvalue weighted by Crippen LogP contribution is 2.27. The van der Waals surface area contributed by atoms with Gasteiger partial charge in [-0.15, -0.1) is 5.10 Å². The minimum atomic E-state index is -0.00562. The van der Waals surface area contributed by atoms with Crippen molar-refractivity contribution in [2.45, 2.75) is 24.0 Å². The maximum atomic E-state index is 8.87. The lowest BCUT2D eigenvalue weighted by atomic mass is 10.1. The maximum Gasteiger partial charge on any atom is 0.193 e. The van der Waals surface area contributed by atoms with Crippen molar-refractivity contribution in [2.75, 3.05) is 0 Å². The smallest absolute Gasteiger partial charge is 0.193 e. The summed E-state index contributed by atoms with van der Waals surface area (Å²) in [6, 6.07) is 1.72. The Morgan fingerprint density at radius 3 is 2.58 bits per heavy atom. The molecule has 0 aliphatic heterocycles. The van der Waals surface area contributed by atoms with Crippen LogP contribution in [0.25, 0.3) is 0 Å². The Balaban J connectivity index is 2.49. The Bertz CT molecular complexity index is 616. The summed E-state index contributed by atoms with van der Waals surface area (Å²) in [5, 5.41) is 21.0. The molecule has 0 amide bonds. The van der Waals surface area contributed by atoms with Crippen LogP contribution in [0.4, 0.5) is 0 Å². The van der Waals surface area contributed by atoms with Crippen molar-refractivity contribution in [2.24, 2.45) is 10.9 Å². The lowest BCUT2D eigenvalue weighted by Crippen LogP contribution is -2.18. The number of nitrogens with two attached hydrogens (primary N) is 1. The predicted molar refractivity (Wildman–Crippen MR) is 70.2 cm³/mol. The summed E-state index contributed by atoms with van der Waals surface area (Å²) in [4.78, 5) is 8.19. The number of hydrogen-bond donors (Lipinski definition) is 2. The first kappa shape index (κ1) is 13.2. The van der Waals surface area contributed by atoms with E-state index < -0.39 is 0 Å². The third-order valence-corrected chi connectivity index (χ3v) is 3.39. The molecule has 2 rings (SSSR count). The Morgan fingerprint density at radius 2 is 1.95 bits per heavy atom. The topological polar surface area (TPSA) is 110 Å². The molecule has 0 aliphatic carbocycles. The number of aryl methyl sites for hydroxylation is 1. The molecule has 19 heavy (non-hydrogen) atoms. The number of amidine groups is 1. The summed E-state index contributed by atoms with van der Waals surface area (Å²) in [6.45, 7) is 3.65. The third kappa shape index (κ3) is 2.79. The summed E-state index contributed by atoms with van der Waals surface area (Å²) >= 11 is 1.21. The number of rotatable bonds is 3. The van der Waals surface area contributed by atoms with Gasteiger partial charge in [0.2, 0.25) is 0 Å². The largest absolute Gasteiger partial charge is 0.409 e. The first-order chi connectivity index (χ1) is 9.13. The van der Waals surface area contributed by atoms with Crippen molar-refractivity contribution in [1.82, 2.24) is 20.2 Å². The van der Waals surface area contributed by atoms with E-state index in [1.165, 1.54) is 11.8 Å². The van der Waals surface area contributed by atoms with Gasteiger partial charge in [0.25, 0.3) is 0 Å². The van der Waals surface area contributed by atoms with Gasteiger partial charge in [-0.05, 0) is 37.2 Å². The molecule has 7 nitrogen and oxygen atoms in total. The second kappa shape index (κ2) is 5.61. The van der Waals surface area contributed by atoms with Crippen LogP contribution in [-0.4, -0.2) is 31.2 Å². The van der Waals surface area contributed by atoms with Gasteiger partial charge in [0.05, 0.1) is 11.3 Å². The van der Waals surface area contributed by atoms with E-state index >= 15 is 0 Å². The molecular formula is C11H12N6OS. The fourth-order valence-corrected chi connectivity index (χ4v) is 2.28. The van der Waals surface area contributed by atoms with Crippen molar-refractivity contribution < 1.29 is 5.21 Å². The molecule has 0 fully saturated rings. The highest BCUT2D eigenvalue weighted by molar-refractivity contribution is 7.99. The number of nitrogens with zero attached hydrogens (tertiary/aromatic N) is 5. The van der Waals surface area contributed by atoms with Crippen LogP contribution in [0.1, 0.15) is 16.8 Å². The molecule has 0 saturated carbocycles. The second-order valence-electron chi connectivity index (χ2n) is 3.71. The van der Waals surface area contributed by atoms with Gasteiger partial charge < -0.3 is 10.9 Å². The fraction of sp³-hybridized carbons (Fsp3) is 0.182. The molecule has 0 bridgehead atoms. The first-order valence-corrected chi connectivity index (χ1v) is 6.21. The first-order valence-electron chi connectivity index (χ1n) is 5.40. The summed E-state index contributed by atoms with van der Waals surface area (Å²) in [5.74, 6) is -0.00562. The Morgan fingerprint density at radius 1 is 1.26 bits per heavy atom. The highest BCUT2D eigenvalue weighted by atomic mass is 32.2. The summed E-state index contributed by atoms with van der Waals surface area (Å²) in [5.41, 5.74) is 7.78. The summed E-state index contributed by atoms with van der Waals surface area (Å²) in [7, 11) is 0. The zero-order valence-electron chi connectivity index (χ0n) is 10.4. The average Bonchev–Trinajstić information content (AvgIpc) is 2.44. The average molecular weight is 276 g/mol. The Hall–Kier alpha value is -2.22. The molecule has 98 valence electrons. The molecule has 2 aromatic rings. The molecule has 0 saturated heterocycles. The molecule has 2 aromatic heterocycles. The van der Waals surface area contributed by atoms with Crippen molar-refractivity contribution in [3.05, 3.63) is 35.3 Å². The van der Waals surface area contributed by atoms with Crippen LogP contribution in [0.15, 0.2) is 33.8 Å². The minimum Gasteiger partial charge on any atom is -0.409 e. The quantitative estimate of drug-likeness (QED) is 0.284. The number of aromatic nitrogens is 4. The van der Waals surface area contributed by atoms with E-state index in [4.69, 9.17) is 10.9 Å². The van der Waals surface area contributed by atoms with Crippen LogP contribution in [0.5, 0.6) is 0 Å². The SMILES string of the molecule is Cc1nnc(Sc2ncccn2)c(/C(N)=N/O)c1C. The van der Waals surface area contributed by atoms with E-state index in [1.807, 2.05) is 13.8 Å². The van der Waals surface area contributed by atoms with E-state index in [9.17, 15) is 0 Å². The van der Waals surface area contributed by atoms with Gasteiger partial charge >= 0.3 is 0 Å². The molecule has 0 radical (unpaired) electrons. The predicted octanol–water partition coefficient (Wildman–Crippen LogP) is 1.13. The number of oxime groups is 1. The zero-order chi connectivity index (χ0) is 13.8. The van der Waals surface area contributed by atoms with Gasteiger partial charge in [0, 0.05) is 12.4 Å².